The normalized spacial score (nSPS) is 17.6. The van der Waals surface area contributed by atoms with Gasteiger partial charge in [-0.2, -0.15) is 5.10 Å². The minimum absolute atomic E-state index is 0.0164. The van der Waals surface area contributed by atoms with Crippen molar-refractivity contribution in [3.05, 3.63) is 71.8 Å². The fraction of sp³-hybridized carbons (Fsp3) is 0.136. The highest BCUT2D eigenvalue weighted by Gasteiger charge is 2.32. The van der Waals surface area contributed by atoms with Crippen LogP contribution in [0.4, 0.5) is 5.69 Å². The summed E-state index contributed by atoms with van der Waals surface area (Å²) in [6.45, 7) is 1.46. The van der Waals surface area contributed by atoms with Crippen LogP contribution in [0.5, 0.6) is 0 Å². The minimum atomic E-state index is -0.588. The summed E-state index contributed by atoms with van der Waals surface area (Å²) < 4.78 is 0. The molecule has 0 radical (unpaired) electrons. The third-order valence-electron chi connectivity index (χ3n) is 4.09. The van der Waals surface area contributed by atoms with Gasteiger partial charge in [-0.05, 0) is 30.7 Å². The molecule has 1 heterocycles. The molecule has 8 heteroatoms. The van der Waals surface area contributed by atoms with E-state index in [1.165, 1.54) is 13.1 Å². The number of hydrogen-bond donors (Lipinski definition) is 2. The molecule has 0 spiro atoms. The quantitative estimate of drug-likeness (QED) is 0.407. The lowest BCUT2D eigenvalue weighted by molar-refractivity contribution is -0.122. The molecule has 152 valence electrons. The maximum absolute atomic E-state index is 12.3. The number of nitrogens with zero attached hydrogens (tertiary/aromatic N) is 2. The van der Waals surface area contributed by atoms with Crippen LogP contribution in [-0.4, -0.2) is 34.2 Å². The zero-order chi connectivity index (χ0) is 21.3. The van der Waals surface area contributed by atoms with Crippen molar-refractivity contribution in [1.82, 2.24) is 5.32 Å². The van der Waals surface area contributed by atoms with Gasteiger partial charge in [-0.15, -0.1) is 5.10 Å². The van der Waals surface area contributed by atoms with Gasteiger partial charge >= 0.3 is 0 Å². The van der Waals surface area contributed by atoms with Crippen LogP contribution in [0, 0.1) is 0 Å². The molecule has 0 aliphatic carbocycles. The highest BCUT2D eigenvalue weighted by atomic mass is 32.2. The van der Waals surface area contributed by atoms with Crippen LogP contribution < -0.4 is 10.6 Å². The van der Waals surface area contributed by atoms with Crippen molar-refractivity contribution in [1.29, 1.82) is 0 Å². The lowest BCUT2D eigenvalue weighted by atomic mass is 10.1. The first-order valence-corrected chi connectivity index (χ1v) is 10.1. The van der Waals surface area contributed by atoms with E-state index in [9.17, 15) is 14.4 Å². The van der Waals surface area contributed by atoms with Crippen LogP contribution in [0.1, 0.15) is 29.3 Å². The van der Waals surface area contributed by atoms with E-state index in [0.717, 1.165) is 17.3 Å². The third kappa shape index (κ3) is 6.25. The molecule has 2 N–H and O–H groups in total. The molecule has 1 fully saturated rings. The predicted molar refractivity (Wildman–Crippen MR) is 121 cm³/mol. The number of ketones is 1. The number of nitrogens with one attached hydrogen (secondary N) is 2. The number of amides is 2. The summed E-state index contributed by atoms with van der Waals surface area (Å²) in [7, 11) is 0. The van der Waals surface area contributed by atoms with E-state index in [1.807, 2.05) is 36.4 Å². The fourth-order valence-electron chi connectivity index (χ4n) is 2.63. The number of allylic oxidation sites excluding steroid dienone is 1. The van der Waals surface area contributed by atoms with E-state index in [2.05, 4.69) is 20.8 Å². The zero-order valence-electron chi connectivity index (χ0n) is 16.2. The number of thioether (sulfide) groups is 1. The topological polar surface area (TPSA) is 100.0 Å². The van der Waals surface area contributed by atoms with Gasteiger partial charge < -0.3 is 10.6 Å². The van der Waals surface area contributed by atoms with Gasteiger partial charge in [-0.25, -0.2) is 0 Å². The molecule has 3 rings (SSSR count). The SMILES string of the molecule is CC(=O)c1cccc(NC(=O)CC2S/C(=N/N=C\C=C\c3ccccc3)NC2=O)c1. The van der Waals surface area contributed by atoms with E-state index in [-0.39, 0.29) is 24.0 Å². The highest BCUT2D eigenvalue weighted by Crippen LogP contribution is 2.23. The minimum Gasteiger partial charge on any atom is -0.326 e. The van der Waals surface area contributed by atoms with Gasteiger partial charge in [0.1, 0.15) is 5.25 Å². The summed E-state index contributed by atoms with van der Waals surface area (Å²) >= 11 is 1.16. The monoisotopic (exact) mass is 420 g/mol. The van der Waals surface area contributed by atoms with Gasteiger partial charge in [0.25, 0.3) is 0 Å². The summed E-state index contributed by atoms with van der Waals surface area (Å²) in [5, 5.41) is 13.0. The number of anilines is 1. The molecule has 0 aromatic heterocycles. The van der Waals surface area contributed by atoms with Gasteiger partial charge in [0.05, 0.1) is 0 Å². The van der Waals surface area contributed by atoms with Crippen LogP contribution in [0.3, 0.4) is 0 Å². The van der Waals surface area contributed by atoms with Crippen molar-refractivity contribution in [2.45, 2.75) is 18.6 Å². The van der Waals surface area contributed by atoms with Crippen molar-refractivity contribution in [3.8, 4) is 0 Å². The van der Waals surface area contributed by atoms with Crippen LogP contribution in [0.25, 0.3) is 6.08 Å². The Balaban J connectivity index is 1.51. The Labute approximate surface area is 178 Å². The van der Waals surface area contributed by atoms with E-state index < -0.39 is 5.25 Å². The average molecular weight is 420 g/mol. The van der Waals surface area contributed by atoms with E-state index in [1.54, 1.807) is 30.3 Å². The fourth-order valence-corrected chi connectivity index (χ4v) is 3.55. The number of carbonyl (C=O) groups is 3. The average Bonchev–Trinajstić information content (AvgIpc) is 3.07. The molecule has 1 aliphatic heterocycles. The second-order valence-corrected chi connectivity index (χ2v) is 7.62. The first kappa shape index (κ1) is 21.2. The maximum Gasteiger partial charge on any atom is 0.240 e. The molecule has 30 heavy (non-hydrogen) atoms. The molecule has 2 aromatic carbocycles. The largest absolute Gasteiger partial charge is 0.326 e. The van der Waals surface area contributed by atoms with Crippen molar-refractivity contribution >= 4 is 52.5 Å². The first-order chi connectivity index (χ1) is 14.5. The Morgan fingerprint density at radius 1 is 1.17 bits per heavy atom. The summed E-state index contributed by atoms with van der Waals surface area (Å²) in [5.74, 6) is -0.697. The molecule has 0 bridgehead atoms. The molecular weight excluding hydrogens is 400 g/mol. The van der Waals surface area contributed by atoms with Gasteiger partial charge in [-0.1, -0.05) is 60.3 Å². The van der Waals surface area contributed by atoms with Crippen LogP contribution in [-0.2, 0) is 9.59 Å². The second-order valence-electron chi connectivity index (χ2n) is 6.42. The van der Waals surface area contributed by atoms with Crippen molar-refractivity contribution < 1.29 is 14.4 Å². The second kappa shape index (κ2) is 10.3. The summed E-state index contributed by atoms with van der Waals surface area (Å²) in [4.78, 5) is 35.8. The predicted octanol–water partition coefficient (Wildman–Crippen LogP) is 3.50. The number of hydrogen-bond acceptors (Lipinski definition) is 6. The Morgan fingerprint density at radius 2 is 1.97 bits per heavy atom. The molecule has 2 amide bonds. The molecule has 2 aromatic rings. The Bertz CT molecular complexity index is 1030. The van der Waals surface area contributed by atoms with Gasteiger partial charge in [0, 0.05) is 23.9 Å². The van der Waals surface area contributed by atoms with Gasteiger partial charge in [-0.3, -0.25) is 14.4 Å². The van der Waals surface area contributed by atoms with Crippen molar-refractivity contribution in [2.24, 2.45) is 10.2 Å². The highest BCUT2D eigenvalue weighted by molar-refractivity contribution is 8.15. The number of benzene rings is 2. The van der Waals surface area contributed by atoms with E-state index in [0.29, 0.717) is 16.4 Å². The van der Waals surface area contributed by atoms with Crippen LogP contribution in [0.15, 0.2) is 70.9 Å². The summed E-state index contributed by atoms with van der Waals surface area (Å²) in [5.41, 5.74) is 2.06. The smallest absolute Gasteiger partial charge is 0.240 e. The lowest BCUT2D eigenvalue weighted by Crippen LogP contribution is -2.28. The van der Waals surface area contributed by atoms with E-state index in [4.69, 9.17) is 0 Å². The number of Topliss-reactive ketones (excluding diaryl/α,β-unsaturated/α-hetero) is 1. The Kier molecular flexibility index (Phi) is 7.29. The molecule has 0 saturated carbocycles. The number of amidine groups is 1. The lowest BCUT2D eigenvalue weighted by Gasteiger charge is -2.08. The first-order valence-electron chi connectivity index (χ1n) is 9.22. The number of carbonyl (C=O) groups excluding carboxylic acids is 3. The number of rotatable bonds is 7. The van der Waals surface area contributed by atoms with Crippen molar-refractivity contribution in [3.63, 3.8) is 0 Å². The molecular formula is C22H20N4O3S. The molecule has 1 unspecified atom stereocenters. The third-order valence-corrected chi connectivity index (χ3v) is 5.16. The zero-order valence-corrected chi connectivity index (χ0v) is 17.1. The summed E-state index contributed by atoms with van der Waals surface area (Å²) in [6, 6.07) is 16.4. The molecule has 1 aliphatic rings. The Morgan fingerprint density at radius 3 is 2.73 bits per heavy atom. The molecule has 7 nitrogen and oxygen atoms in total. The molecule has 1 atom stereocenters. The van der Waals surface area contributed by atoms with E-state index >= 15 is 0 Å². The van der Waals surface area contributed by atoms with Crippen molar-refractivity contribution in [2.75, 3.05) is 5.32 Å². The molecule has 1 saturated heterocycles. The van der Waals surface area contributed by atoms with Crippen LogP contribution in [0.2, 0.25) is 0 Å². The standard InChI is InChI=1S/C22H20N4O3S/c1-15(27)17-10-5-11-18(13-17)24-20(28)14-19-21(29)25-22(30-19)26-23-12-6-9-16-7-3-2-4-8-16/h2-13,19H,14H2,1H3,(H,24,28)(H,25,26,29)/b9-6+,23-12-. The summed E-state index contributed by atoms with van der Waals surface area (Å²) in [6.07, 6.45) is 5.14. The van der Waals surface area contributed by atoms with Gasteiger partial charge in [0.15, 0.2) is 11.0 Å². The van der Waals surface area contributed by atoms with Crippen LogP contribution >= 0.6 is 11.8 Å². The Hall–Kier alpha value is -3.52. The van der Waals surface area contributed by atoms with Gasteiger partial charge in [0.2, 0.25) is 11.8 Å². The maximum atomic E-state index is 12.3.